The quantitative estimate of drug-likeness (QED) is 0.655. The van der Waals surface area contributed by atoms with E-state index in [2.05, 4.69) is 15.5 Å². The second-order valence-electron chi connectivity index (χ2n) is 6.06. The van der Waals surface area contributed by atoms with E-state index in [0.29, 0.717) is 29.2 Å². The molecule has 1 amide bonds. The van der Waals surface area contributed by atoms with Gasteiger partial charge in [0.25, 0.3) is 5.91 Å². The van der Waals surface area contributed by atoms with E-state index in [-0.39, 0.29) is 12.5 Å². The van der Waals surface area contributed by atoms with Gasteiger partial charge in [0.1, 0.15) is 0 Å². The van der Waals surface area contributed by atoms with Crippen molar-refractivity contribution in [2.24, 2.45) is 28.8 Å². The number of aliphatic hydroxyl groups is 1. The molecular weight excluding hydrogens is 266 g/mol. The Balaban J connectivity index is 1.58. The summed E-state index contributed by atoms with van der Waals surface area (Å²) in [5, 5.41) is 13.6. The number of rotatable bonds is 4. The van der Waals surface area contributed by atoms with Crippen LogP contribution in [0.5, 0.6) is 0 Å². The van der Waals surface area contributed by atoms with Crippen LogP contribution in [0, 0.1) is 23.7 Å². The van der Waals surface area contributed by atoms with E-state index >= 15 is 0 Å². The molecule has 21 heavy (non-hydrogen) atoms. The van der Waals surface area contributed by atoms with Gasteiger partial charge in [0.05, 0.1) is 0 Å². The summed E-state index contributed by atoms with van der Waals surface area (Å²) in [5.41, 5.74) is 3.13. The van der Waals surface area contributed by atoms with Crippen molar-refractivity contribution in [3.05, 3.63) is 30.1 Å². The minimum atomic E-state index is -0.215. The van der Waals surface area contributed by atoms with Gasteiger partial charge in [-0.05, 0) is 55.1 Å². The third-order valence-corrected chi connectivity index (χ3v) is 4.96. The molecule has 2 saturated carbocycles. The topological polar surface area (TPSA) is 74.6 Å². The molecule has 0 unspecified atom stereocenters. The number of hydrogen-bond donors (Lipinski definition) is 2. The first-order valence-electron chi connectivity index (χ1n) is 7.64. The number of nitrogens with zero attached hydrogens (tertiary/aromatic N) is 2. The Morgan fingerprint density at radius 1 is 1.38 bits per heavy atom. The zero-order chi connectivity index (χ0) is 14.7. The summed E-state index contributed by atoms with van der Waals surface area (Å²) in [6.07, 6.45) is 9.73. The number of nitrogens with one attached hydrogen (secondary N) is 1. The molecule has 0 radical (unpaired) electrons. The molecule has 1 aromatic rings. The highest BCUT2D eigenvalue weighted by Crippen LogP contribution is 2.50. The molecule has 0 aromatic carbocycles. The Hall–Kier alpha value is -1.75. The molecule has 3 rings (SSSR count). The summed E-state index contributed by atoms with van der Waals surface area (Å²) >= 11 is 0. The van der Waals surface area contributed by atoms with Gasteiger partial charge in [-0.1, -0.05) is 6.42 Å². The molecule has 2 fully saturated rings. The summed E-state index contributed by atoms with van der Waals surface area (Å²) in [6, 6.07) is 3.32. The minimum Gasteiger partial charge on any atom is -0.396 e. The maximum absolute atomic E-state index is 11.9. The Morgan fingerprint density at radius 2 is 2.14 bits per heavy atom. The van der Waals surface area contributed by atoms with Crippen LogP contribution in [0.2, 0.25) is 0 Å². The molecular formula is C16H21N3O2. The summed E-state index contributed by atoms with van der Waals surface area (Å²) in [7, 11) is 0. The van der Waals surface area contributed by atoms with Gasteiger partial charge in [-0.15, -0.1) is 0 Å². The van der Waals surface area contributed by atoms with E-state index in [1.165, 1.54) is 19.3 Å². The summed E-state index contributed by atoms with van der Waals surface area (Å²) < 4.78 is 0. The Morgan fingerprint density at radius 3 is 2.90 bits per heavy atom. The SMILES string of the molecule is O=C(N/N=C/[C@@H]1C[C@H](CO)[C@@H]2CCC[C@@H]21)c1ccncc1. The van der Waals surface area contributed by atoms with Gasteiger partial charge in [-0.2, -0.15) is 5.10 Å². The van der Waals surface area contributed by atoms with Crippen LogP contribution < -0.4 is 5.43 Å². The number of pyridine rings is 1. The molecule has 5 nitrogen and oxygen atoms in total. The Labute approximate surface area is 124 Å². The number of hydrogen-bond acceptors (Lipinski definition) is 4. The number of amides is 1. The largest absolute Gasteiger partial charge is 0.396 e. The van der Waals surface area contributed by atoms with Crippen molar-refractivity contribution in [2.75, 3.05) is 6.61 Å². The highest BCUT2D eigenvalue weighted by atomic mass is 16.3. The fraction of sp³-hybridized carbons (Fsp3) is 0.562. The summed E-state index contributed by atoms with van der Waals surface area (Å²) in [4.78, 5) is 15.8. The smallest absolute Gasteiger partial charge is 0.271 e. The van der Waals surface area contributed by atoms with Crippen molar-refractivity contribution in [3.8, 4) is 0 Å². The van der Waals surface area contributed by atoms with Crippen LogP contribution in [0.25, 0.3) is 0 Å². The highest BCUT2D eigenvalue weighted by Gasteiger charge is 2.44. The lowest BCUT2D eigenvalue weighted by molar-refractivity contribution is 0.0954. The van der Waals surface area contributed by atoms with Gasteiger partial charge in [0.2, 0.25) is 0 Å². The minimum absolute atomic E-state index is 0.215. The molecule has 0 saturated heterocycles. The van der Waals surface area contributed by atoms with E-state index in [9.17, 15) is 9.90 Å². The van der Waals surface area contributed by atoms with E-state index in [4.69, 9.17) is 0 Å². The number of hydrazone groups is 1. The van der Waals surface area contributed by atoms with E-state index in [1.807, 2.05) is 6.21 Å². The van der Waals surface area contributed by atoms with Gasteiger partial charge in [0.15, 0.2) is 0 Å². The van der Waals surface area contributed by atoms with Crippen LogP contribution in [0.4, 0.5) is 0 Å². The predicted octanol–water partition coefficient (Wildman–Crippen LogP) is 1.84. The lowest BCUT2D eigenvalue weighted by Crippen LogP contribution is -2.19. The van der Waals surface area contributed by atoms with Crippen molar-refractivity contribution >= 4 is 12.1 Å². The normalized spacial score (nSPS) is 31.5. The van der Waals surface area contributed by atoms with E-state index in [0.717, 1.165) is 6.42 Å². The van der Waals surface area contributed by atoms with Crippen molar-refractivity contribution < 1.29 is 9.90 Å². The van der Waals surface area contributed by atoms with Crippen LogP contribution >= 0.6 is 0 Å². The molecule has 0 spiro atoms. The molecule has 2 N–H and O–H groups in total. The third kappa shape index (κ3) is 2.97. The van der Waals surface area contributed by atoms with Gasteiger partial charge in [0, 0.05) is 30.8 Å². The lowest BCUT2D eigenvalue weighted by Gasteiger charge is -2.15. The van der Waals surface area contributed by atoms with Crippen LogP contribution in [0.15, 0.2) is 29.6 Å². The average molecular weight is 287 g/mol. The van der Waals surface area contributed by atoms with Gasteiger partial charge in [-0.25, -0.2) is 5.43 Å². The molecule has 112 valence electrons. The molecule has 2 aliphatic rings. The third-order valence-electron chi connectivity index (χ3n) is 4.96. The standard InChI is InChI=1S/C16H21N3O2/c20-10-13-8-12(14-2-1-3-15(13)14)9-18-19-16(21)11-4-6-17-7-5-11/h4-7,9,12-15,20H,1-3,8,10H2,(H,19,21)/b18-9+/t12-,13+,14+,15-/m0/s1. The molecule has 1 heterocycles. The maximum Gasteiger partial charge on any atom is 0.271 e. The number of aromatic nitrogens is 1. The molecule has 0 bridgehead atoms. The molecule has 0 aliphatic heterocycles. The number of carbonyl (C=O) groups is 1. The predicted molar refractivity (Wildman–Crippen MR) is 79.7 cm³/mol. The van der Waals surface area contributed by atoms with Crippen LogP contribution in [0.1, 0.15) is 36.0 Å². The second-order valence-corrected chi connectivity index (χ2v) is 6.06. The van der Waals surface area contributed by atoms with Gasteiger partial charge in [-0.3, -0.25) is 9.78 Å². The number of fused-ring (bicyclic) bond motifs is 1. The fourth-order valence-electron chi connectivity index (χ4n) is 3.97. The van der Waals surface area contributed by atoms with Crippen molar-refractivity contribution in [2.45, 2.75) is 25.7 Å². The first-order chi connectivity index (χ1) is 10.3. The summed E-state index contributed by atoms with van der Waals surface area (Å²) in [6.45, 7) is 0.273. The van der Waals surface area contributed by atoms with E-state index < -0.39 is 0 Å². The van der Waals surface area contributed by atoms with Crippen molar-refractivity contribution in [1.82, 2.24) is 10.4 Å². The molecule has 1 aromatic heterocycles. The summed E-state index contributed by atoms with van der Waals surface area (Å²) in [5.74, 6) is 1.84. The van der Waals surface area contributed by atoms with Crippen LogP contribution in [0.3, 0.4) is 0 Å². The highest BCUT2D eigenvalue weighted by molar-refractivity contribution is 5.94. The second kappa shape index (κ2) is 6.35. The van der Waals surface area contributed by atoms with Crippen LogP contribution in [-0.2, 0) is 0 Å². The van der Waals surface area contributed by atoms with Gasteiger partial charge >= 0.3 is 0 Å². The monoisotopic (exact) mass is 287 g/mol. The van der Waals surface area contributed by atoms with Crippen LogP contribution in [-0.4, -0.2) is 28.8 Å². The lowest BCUT2D eigenvalue weighted by atomic mass is 9.91. The first-order valence-corrected chi connectivity index (χ1v) is 7.64. The fourth-order valence-corrected chi connectivity index (χ4v) is 3.97. The van der Waals surface area contributed by atoms with E-state index in [1.54, 1.807) is 24.5 Å². The average Bonchev–Trinajstić information content (AvgIpc) is 3.11. The molecule has 4 atom stereocenters. The zero-order valence-electron chi connectivity index (χ0n) is 12.0. The molecule has 2 aliphatic carbocycles. The molecule has 5 heteroatoms. The van der Waals surface area contributed by atoms with Crippen molar-refractivity contribution in [3.63, 3.8) is 0 Å². The Kier molecular flexibility index (Phi) is 4.29. The maximum atomic E-state index is 11.9. The van der Waals surface area contributed by atoms with Crippen molar-refractivity contribution in [1.29, 1.82) is 0 Å². The van der Waals surface area contributed by atoms with Gasteiger partial charge < -0.3 is 5.11 Å². The first kappa shape index (κ1) is 14.2. The number of aliphatic hydroxyl groups excluding tert-OH is 1. The number of carbonyl (C=O) groups excluding carboxylic acids is 1. The Bertz CT molecular complexity index is 518. The zero-order valence-corrected chi connectivity index (χ0v) is 12.0.